The molecule has 1 N–H and O–H groups in total. The van der Waals surface area contributed by atoms with E-state index in [1.807, 2.05) is 17.0 Å². The van der Waals surface area contributed by atoms with Gasteiger partial charge in [-0.2, -0.15) is 0 Å². The number of likely N-dealkylation sites (tertiary alicyclic amines) is 1. The average molecular weight is 302 g/mol. The monoisotopic (exact) mass is 301 g/mol. The molecular weight excluding hydrogens is 286 g/mol. The molecule has 4 rings (SSSR count). The Morgan fingerprint density at radius 1 is 1.24 bits per heavy atom. The summed E-state index contributed by atoms with van der Waals surface area (Å²) in [7, 11) is 0. The van der Waals surface area contributed by atoms with Crippen LogP contribution in [-0.4, -0.2) is 42.0 Å². The lowest BCUT2D eigenvalue weighted by Crippen LogP contribution is -2.32. The first kappa shape index (κ1) is 13.0. The van der Waals surface area contributed by atoms with Gasteiger partial charge in [0, 0.05) is 37.8 Å². The third-order valence-electron chi connectivity index (χ3n) is 4.62. The van der Waals surface area contributed by atoms with E-state index in [1.54, 1.807) is 18.3 Å². The van der Waals surface area contributed by atoms with Crippen molar-refractivity contribution >= 4 is 28.4 Å². The minimum absolute atomic E-state index is 0.0739. The summed E-state index contributed by atoms with van der Waals surface area (Å²) in [6, 6.07) is 7.34. The largest absolute Gasteiger partial charge is 0.338 e. The second kappa shape index (κ2) is 4.97. The van der Waals surface area contributed by atoms with Gasteiger partial charge in [-0.15, -0.1) is 0 Å². The van der Waals surface area contributed by atoms with Crippen molar-refractivity contribution in [1.82, 2.24) is 15.2 Å². The van der Waals surface area contributed by atoms with Crippen LogP contribution in [0.25, 0.3) is 10.9 Å². The van der Waals surface area contributed by atoms with Gasteiger partial charge in [-0.25, -0.2) is 0 Å². The number of rotatable bonds is 1. The molecule has 1 amide bonds. The molecule has 2 saturated heterocycles. The van der Waals surface area contributed by atoms with E-state index in [1.165, 1.54) is 0 Å². The Balaban J connectivity index is 1.70. The van der Waals surface area contributed by atoms with Gasteiger partial charge in [0.25, 0.3) is 5.91 Å². The molecule has 2 atom stereocenters. The molecule has 5 heteroatoms. The molecule has 4 nitrogen and oxygen atoms in total. The highest BCUT2D eigenvalue weighted by Crippen LogP contribution is 2.30. The van der Waals surface area contributed by atoms with Crippen LogP contribution in [0.5, 0.6) is 0 Å². The number of nitrogens with one attached hydrogen (secondary N) is 1. The topological polar surface area (TPSA) is 45.2 Å². The molecular formula is C16H16ClN3O. The normalized spacial score (nSPS) is 24.5. The van der Waals surface area contributed by atoms with Gasteiger partial charge >= 0.3 is 0 Å². The minimum Gasteiger partial charge on any atom is -0.338 e. The van der Waals surface area contributed by atoms with Crippen molar-refractivity contribution in [2.75, 3.05) is 26.2 Å². The summed E-state index contributed by atoms with van der Waals surface area (Å²) in [5.74, 6) is 1.27. The maximum Gasteiger partial charge on any atom is 0.256 e. The number of hydrogen-bond donors (Lipinski definition) is 1. The molecule has 1 aromatic carbocycles. The predicted molar refractivity (Wildman–Crippen MR) is 82.5 cm³/mol. The van der Waals surface area contributed by atoms with Crippen LogP contribution in [0, 0.1) is 11.8 Å². The van der Waals surface area contributed by atoms with Gasteiger partial charge in [0.15, 0.2) is 0 Å². The number of nitrogens with zero attached hydrogens (tertiary/aromatic N) is 2. The van der Waals surface area contributed by atoms with Crippen LogP contribution in [0.4, 0.5) is 0 Å². The molecule has 2 aliphatic heterocycles. The molecule has 2 aromatic rings. The van der Waals surface area contributed by atoms with Crippen LogP contribution >= 0.6 is 11.6 Å². The molecule has 3 heterocycles. The lowest BCUT2D eigenvalue weighted by molar-refractivity contribution is 0.0783. The second-order valence-electron chi connectivity index (χ2n) is 5.88. The molecule has 0 unspecified atom stereocenters. The number of carbonyl (C=O) groups excluding carboxylic acids is 1. The van der Waals surface area contributed by atoms with Gasteiger partial charge in [-0.3, -0.25) is 9.78 Å². The van der Waals surface area contributed by atoms with Gasteiger partial charge in [-0.05, 0) is 36.1 Å². The highest BCUT2D eigenvalue weighted by molar-refractivity contribution is 6.36. The Morgan fingerprint density at radius 3 is 2.76 bits per heavy atom. The van der Waals surface area contributed by atoms with E-state index in [-0.39, 0.29) is 5.91 Å². The van der Waals surface area contributed by atoms with Crippen molar-refractivity contribution in [3.8, 4) is 0 Å². The quantitative estimate of drug-likeness (QED) is 0.878. The molecule has 21 heavy (non-hydrogen) atoms. The SMILES string of the molecule is O=C(c1ccc(Cl)c2cccnc12)N1C[C@H]2CNC[C@H]2C1. The number of amides is 1. The van der Waals surface area contributed by atoms with Gasteiger partial charge in [-0.1, -0.05) is 11.6 Å². The number of fused-ring (bicyclic) bond motifs is 2. The summed E-state index contributed by atoms with van der Waals surface area (Å²) in [4.78, 5) is 19.2. The second-order valence-corrected chi connectivity index (χ2v) is 6.29. The Labute approximate surface area is 128 Å². The van der Waals surface area contributed by atoms with Crippen molar-refractivity contribution < 1.29 is 4.79 Å². The first-order valence-electron chi connectivity index (χ1n) is 7.27. The van der Waals surface area contributed by atoms with E-state index in [4.69, 9.17) is 11.6 Å². The van der Waals surface area contributed by atoms with Crippen LogP contribution in [0.15, 0.2) is 30.5 Å². The van der Waals surface area contributed by atoms with E-state index < -0.39 is 0 Å². The molecule has 0 spiro atoms. The number of pyridine rings is 1. The number of benzene rings is 1. The third-order valence-corrected chi connectivity index (χ3v) is 4.95. The van der Waals surface area contributed by atoms with E-state index in [0.29, 0.717) is 27.9 Å². The molecule has 0 radical (unpaired) electrons. The molecule has 1 aromatic heterocycles. The standard InChI is InChI=1S/C16H16ClN3O/c17-14-4-3-13(15-12(14)2-1-5-19-15)16(21)20-8-10-6-18-7-11(10)9-20/h1-5,10-11,18H,6-9H2/t10-,11+. The van der Waals surface area contributed by atoms with Crippen LogP contribution < -0.4 is 5.32 Å². The van der Waals surface area contributed by atoms with Gasteiger partial charge in [0.2, 0.25) is 0 Å². The summed E-state index contributed by atoms with van der Waals surface area (Å²) in [5, 5.41) is 4.87. The molecule has 2 fully saturated rings. The molecule has 108 valence electrons. The highest BCUT2D eigenvalue weighted by Gasteiger charge is 2.38. The zero-order chi connectivity index (χ0) is 14.4. The summed E-state index contributed by atoms with van der Waals surface area (Å²) >= 11 is 6.20. The predicted octanol–water partition coefficient (Wildman–Crippen LogP) is 2.18. The summed E-state index contributed by atoms with van der Waals surface area (Å²) in [6.45, 7) is 3.73. The molecule has 2 aliphatic rings. The average Bonchev–Trinajstić information content (AvgIpc) is 3.08. The van der Waals surface area contributed by atoms with E-state index in [9.17, 15) is 4.79 Å². The van der Waals surface area contributed by atoms with E-state index in [0.717, 1.165) is 31.6 Å². The fraction of sp³-hybridized carbons (Fsp3) is 0.375. The van der Waals surface area contributed by atoms with Crippen LogP contribution in [0.3, 0.4) is 0 Å². The van der Waals surface area contributed by atoms with E-state index >= 15 is 0 Å². The maximum atomic E-state index is 12.8. The first-order valence-corrected chi connectivity index (χ1v) is 7.65. The van der Waals surface area contributed by atoms with Crippen LogP contribution in [-0.2, 0) is 0 Å². The Hall–Kier alpha value is -1.65. The summed E-state index contributed by atoms with van der Waals surface area (Å²) < 4.78 is 0. The lowest BCUT2D eigenvalue weighted by atomic mass is 10.0. The number of hydrogen-bond acceptors (Lipinski definition) is 3. The Kier molecular flexibility index (Phi) is 3.08. The van der Waals surface area contributed by atoms with Gasteiger partial charge < -0.3 is 10.2 Å². The zero-order valence-corrected chi connectivity index (χ0v) is 12.3. The lowest BCUT2D eigenvalue weighted by Gasteiger charge is -2.18. The highest BCUT2D eigenvalue weighted by atomic mass is 35.5. The van der Waals surface area contributed by atoms with Crippen molar-refractivity contribution in [1.29, 1.82) is 0 Å². The fourth-order valence-electron chi connectivity index (χ4n) is 3.50. The number of halogens is 1. The zero-order valence-electron chi connectivity index (χ0n) is 11.6. The third kappa shape index (κ3) is 2.10. The van der Waals surface area contributed by atoms with Gasteiger partial charge in [0.05, 0.1) is 16.1 Å². The Bertz CT molecular complexity index is 706. The van der Waals surface area contributed by atoms with Crippen LogP contribution in [0.2, 0.25) is 5.02 Å². The molecule has 0 saturated carbocycles. The van der Waals surface area contributed by atoms with Crippen molar-refractivity contribution in [2.45, 2.75) is 0 Å². The van der Waals surface area contributed by atoms with Crippen molar-refractivity contribution in [3.63, 3.8) is 0 Å². The summed E-state index contributed by atoms with van der Waals surface area (Å²) in [6.07, 6.45) is 1.71. The van der Waals surface area contributed by atoms with Crippen LogP contribution in [0.1, 0.15) is 10.4 Å². The molecule has 0 bridgehead atoms. The smallest absolute Gasteiger partial charge is 0.256 e. The Morgan fingerprint density at radius 2 is 2.00 bits per heavy atom. The van der Waals surface area contributed by atoms with Crippen molar-refractivity contribution in [3.05, 3.63) is 41.0 Å². The summed E-state index contributed by atoms with van der Waals surface area (Å²) in [5.41, 5.74) is 1.35. The number of carbonyl (C=O) groups is 1. The van der Waals surface area contributed by atoms with Gasteiger partial charge in [0.1, 0.15) is 0 Å². The fourth-order valence-corrected chi connectivity index (χ4v) is 3.72. The molecule has 0 aliphatic carbocycles. The minimum atomic E-state index is 0.0739. The van der Waals surface area contributed by atoms with Crippen molar-refractivity contribution in [2.24, 2.45) is 11.8 Å². The number of aromatic nitrogens is 1. The van der Waals surface area contributed by atoms with E-state index in [2.05, 4.69) is 10.3 Å². The first-order chi connectivity index (χ1) is 10.2. The maximum absolute atomic E-state index is 12.8.